The molecule has 0 aliphatic carbocycles. The van der Waals surface area contributed by atoms with Crippen LogP contribution in [0.25, 0.3) is 11.5 Å². The van der Waals surface area contributed by atoms with Crippen molar-refractivity contribution in [1.29, 1.82) is 0 Å². The Morgan fingerprint density at radius 3 is 2.58 bits per heavy atom. The van der Waals surface area contributed by atoms with E-state index in [1.54, 1.807) is 25.1 Å². The quantitative estimate of drug-likeness (QED) is 0.685. The number of aromatic nitrogens is 3. The van der Waals surface area contributed by atoms with Crippen LogP contribution in [0.4, 0.5) is 6.01 Å². The third-order valence-electron chi connectivity index (χ3n) is 3.29. The number of carbonyl (C=O) groups excluding carboxylic acids is 1. The van der Waals surface area contributed by atoms with Crippen LogP contribution in [-0.2, 0) is 0 Å². The zero-order chi connectivity index (χ0) is 18.5. The Balaban J connectivity index is 1.78. The van der Waals surface area contributed by atoms with E-state index in [9.17, 15) is 4.79 Å². The molecule has 0 aliphatic heterocycles. The van der Waals surface area contributed by atoms with Crippen LogP contribution >= 0.6 is 0 Å². The maximum Gasteiger partial charge on any atom is 0.322 e. The van der Waals surface area contributed by atoms with Crippen molar-refractivity contribution in [1.82, 2.24) is 15.4 Å². The molecule has 0 unspecified atom stereocenters. The van der Waals surface area contributed by atoms with E-state index >= 15 is 0 Å². The second-order valence-electron chi connectivity index (χ2n) is 5.23. The van der Waals surface area contributed by atoms with Gasteiger partial charge in [0.15, 0.2) is 11.5 Å². The van der Waals surface area contributed by atoms with Crippen molar-refractivity contribution in [2.75, 3.05) is 18.5 Å². The normalized spacial score (nSPS) is 10.6. The number of hydrogen-bond donors (Lipinski definition) is 1. The summed E-state index contributed by atoms with van der Waals surface area (Å²) in [5, 5.41) is 13.9. The van der Waals surface area contributed by atoms with Crippen LogP contribution in [0.5, 0.6) is 11.5 Å². The summed E-state index contributed by atoms with van der Waals surface area (Å²) in [6.07, 6.45) is 0. The highest BCUT2D eigenvalue weighted by atomic mass is 16.5. The lowest BCUT2D eigenvalue weighted by molar-refractivity contribution is 0.0985. The number of benzene rings is 1. The molecule has 3 rings (SSSR count). The van der Waals surface area contributed by atoms with Gasteiger partial charge in [-0.15, -0.1) is 5.10 Å². The first-order chi connectivity index (χ1) is 12.6. The van der Waals surface area contributed by atoms with Crippen LogP contribution in [0, 0.1) is 6.92 Å². The van der Waals surface area contributed by atoms with Crippen LogP contribution < -0.4 is 14.8 Å². The highest BCUT2D eigenvalue weighted by Gasteiger charge is 2.17. The summed E-state index contributed by atoms with van der Waals surface area (Å²) in [7, 11) is 0. The molecule has 0 saturated heterocycles. The molecule has 136 valence electrons. The van der Waals surface area contributed by atoms with Crippen LogP contribution in [0.2, 0.25) is 0 Å². The topological polar surface area (TPSA) is 113 Å². The van der Waals surface area contributed by atoms with E-state index in [0.717, 1.165) is 0 Å². The van der Waals surface area contributed by atoms with E-state index in [1.807, 2.05) is 13.8 Å². The highest BCUT2D eigenvalue weighted by molar-refractivity contribution is 6.00. The Kier molecular flexibility index (Phi) is 5.16. The van der Waals surface area contributed by atoms with Crippen molar-refractivity contribution in [3.05, 3.63) is 35.7 Å². The van der Waals surface area contributed by atoms with Crippen LogP contribution in [0.1, 0.15) is 30.1 Å². The van der Waals surface area contributed by atoms with Crippen molar-refractivity contribution in [3.8, 4) is 23.0 Å². The third kappa shape index (κ3) is 3.82. The molecule has 1 N–H and O–H groups in total. The SMILES string of the molecule is CCOc1ccc(-c2nnc(NC(=O)c3cc(C)no3)o2)cc1OCC. The van der Waals surface area contributed by atoms with Gasteiger partial charge in [-0.3, -0.25) is 10.1 Å². The Morgan fingerprint density at radius 1 is 1.12 bits per heavy atom. The number of carbonyl (C=O) groups is 1. The largest absolute Gasteiger partial charge is 0.490 e. The first kappa shape index (κ1) is 17.5. The number of aryl methyl sites for hydroxylation is 1. The predicted octanol–water partition coefficient (Wildman–Crippen LogP) is 3.08. The molecule has 26 heavy (non-hydrogen) atoms. The molecular formula is C17H18N4O5. The van der Waals surface area contributed by atoms with Crippen molar-refractivity contribution in [3.63, 3.8) is 0 Å². The lowest BCUT2D eigenvalue weighted by Gasteiger charge is -2.11. The summed E-state index contributed by atoms with van der Waals surface area (Å²) in [6.45, 7) is 6.51. The molecule has 0 aliphatic rings. The number of rotatable bonds is 7. The van der Waals surface area contributed by atoms with E-state index in [2.05, 4.69) is 20.7 Å². The molecule has 0 fully saturated rings. The van der Waals surface area contributed by atoms with Crippen molar-refractivity contribution in [2.45, 2.75) is 20.8 Å². The summed E-state index contributed by atoms with van der Waals surface area (Å²) < 4.78 is 21.5. The Morgan fingerprint density at radius 2 is 1.88 bits per heavy atom. The Hall–Kier alpha value is -3.36. The number of nitrogens with zero attached hydrogens (tertiary/aromatic N) is 3. The second kappa shape index (κ2) is 7.68. The zero-order valence-electron chi connectivity index (χ0n) is 14.6. The van der Waals surface area contributed by atoms with E-state index < -0.39 is 5.91 Å². The van der Waals surface area contributed by atoms with Crippen molar-refractivity contribution in [2.24, 2.45) is 0 Å². The molecule has 9 heteroatoms. The molecule has 2 aromatic heterocycles. The average molecular weight is 358 g/mol. The number of hydrogen-bond acceptors (Lipinski definition) is 8. The van der Waals surface area contributed by atoms with Gasteiger partial charge < -0.3 is 18.4 Å². The number of ether oxygens (including phenoxy) is 2. The van der Waals surface area contributed by atoms with Gasteiger partial charge in [0.1, 0.15) is 0 Å². The minimum Gasteiger partial charge on any atom is -0.490 e. The van der Waals surface area contributed by atoms with Crippen molar-refractivity contribution < 1.29 is 23.2 Å². The van der Waals surface area contributed by atoms with Gasteiger partial charge in [0.05, 0.1) is 18.9 Å². The summed E-state index contributed by atoms with van der Waals surface area (Å²) >= 11 is 0. The van der Waals surface area contributed by atoms with Crippen molar-refractivity contribution >= 4 is 11.9 Å². The summed E-state index contributed by atoms with van der Waals surface area (Å²) in [5.74, 6) is 0.974. The van der Waals surface area contributed by atoms with Gasteiger partial charge in [-0.2, -0.15) is 0 Å². The lowest BCUT2D eigenvalue weighted by Crippen LogP contribution is -2.11. The summed E-state index contributed by atoms with van der Waals surface area (Å²) in [4.78, 5) is 12.0. The first-order valence-electron chi connectivity index (χ1n) is 8.09. The predicted molar refractivity (Wildman–Crippen MR) is 91.3 cm³/mol. The fraction of sp³-hybridized carbons (Fsp3) is 0.294. The molecule has 0 saturated carbocycles. The standard InChI is InChI=1S/C17H18N4O5/c1-4-23-12-7-6-11(9-13(12)24-5-2)16-19-20-17(25-16)18-15(22)14-8-10(3)21-26-14/h6-9H,4-5H2,1-3H3,(H,18,20,22). The minimum absolute atomic E-state index is 0.0501. The van der Waals surface area contributed by atoms with Gasteiger partial charge in [0.25, 0.3) is 5.91 Å². The van der Waals surface area contributed by atoms with E-state index in [-0.39, 0.29) is 17.7 Å². The third-order valence-corrected chi connectivity index (χ3v) is 3.29. The number of nitrogens with one attached hydrogen (secondary N) is 1. The fourth-order valence-electron chi connectivity index (χ4n) is 2.20. The molecule has 0 radical (unpaired) electrons. The summed E-state index contributed by atoms with van der Waals surface area (Å²) in [5.41, 5.74) is 1.24. The minimum atomic E-state index is -0.525. The van der Waals surface area contributed by atoms with Gasteiger partial charge in [0, 0.05) is 11.6 Å². The Bertz CT molecular complexity index is 902. The second-order valence-corrected chi connectivity index (χ2v) is 5.23. The first-order valence-corrected chi connectivity index (χ1v) is 8.09. The average Bonchev–Trinajstić information content (AvgIpc) is 3.26. The molecule has 0 spiro atoms. The number of anilines is 1. The van der Waals surface area contributed by atoms with Crippen LogP contribution in [-0.4, -0.2) is 34.5 Å². The maximum absolute atomic E-state index is 12.0. The number of amides is 1. The fourth-order valence-corrected chi connectivity index (χ4v) is 2.20. The molecule has 1 amide bonds. The van der Waals surface area contributed by atoms with Crippen LogP contribution in [0.15, 0.2) is 33.2 Å². The molecule has 0 bridgehead atoms. The van der Waals surface area contributed by atoms with E-state index in [4.69, 9.17) is 18.4 Å². The van der Waals surface area contributed by atoms with E-state index in [0.29, 0.717) is 36.0 Å². The van der Waals surface area contributed by atoms with Gasteiger partial charge in [-0.05, 0) is 39.0 Å². The molecule has 0 atom stereocenters. The van der Waals surface area contributed by atoms with Gasteiger partial charge >= 0.3 is 6.01 Å². The van der Waals surface area contributed by atoms with Gasteiger partial charge in [0.2, 0.25) is 11.7 Å². The summed E-state index contributed by atoms with van der Waals surface area (Å²) in [6, 6.07) is 6.74. The van der Waals surface area contributed by atoms with Gasteiger partial charge in [-0.1, -0.05) is 10.3 Å². The monoisotopic (exact) mass is 358 g/mol. The Labute approximate surface area is 149 Å². The molecule has 9 nitrogen and oxygen atoms in total. The smallest absolute Gasteiger partial charge is 0.322 e. The lowest BCUT2D eigenvalue weighted by atomic mass is 10.2. The molecular weight excluding hydrogens is 340 g/mol. The molecule has 3 aromatic rings. The highest BCUT2D eigenvalue weighted by Crippen LogP contribution is 2.32. The van der Waals surface area contributed by atoms with Gasteiger partial charge in [-0.25, -0.2) is 0 Å². The van der Waals surface area contributed by atoms with E-state index in [1.165, 1.54) is 6.07 Å². The maximum atomic E-state index is 12.0. The molecule has 2 heterocycles. The molecule has 1 aromatic carbocycles. The zero-order valence-corrected chi connectivity index (χ0v) is 14.6. The van der Waals surface area contributed by atoms with Crippen LogP contribution in [0.3, 0.4) is 0 Å².